The lowest BCUT2D eigenvalue weighted by atomic mass is 9.90. The van der Waals surface area contributed by atoms with Gasteiger partial charge in [0.25, 0.3) is 0 Å². The highest BCUT2D eigenvalue weighted by atomic mass is 16.5. The molecule has 2 aromatic carbocycles. The minimum Gasteiger partial charge on any atom is -0.425 e. The minimum atomic E-state index is -1.13. The zero-order chi connectivity index (χ0) is 26.5. The van der Waals surface area contributed by atoms with Gasteiger partial charge in [-0.25, -0.2) is 4.79 Å². The number of esters is 1. The number of hydrogen-bond donors (Lipinski definition) is 0. The zero-order valence-corrected chi connectivity index (χ0v) is 22.6. The maximum atomic E-state index is 12.3. The van der Waals surface area contributed by atoms with E-state index < -0.39 is 11.4 Å². The fraction of sp³-hybridized carbons (Fsp3) is 0.424. The Morgan fingerprint density at radius 3 is 1.92 bits per heavy atom. The van der Waals surface area contributed by atoms with E-state index in [2.05, 4.69) is 43.3 Å². The highest BCUT2D eigenvalue weighted by Gasteiger charge is 2.33. The van der Waals surface area contributed by atoms with E-state index in [1.54, 1.807) is 26.0 Å². The van der Waals surface area contributed by atoms with Crippen LogP contribution in [0.25, 0.3) is 22.4 Å². The topological polar surface area (TPSA) is 63.0 Å². The molecule has 4 heteroatoms. The van der Waals surface area contributed by atoms with Crippen molar-refractivity contribution in [2.45, 2.75) is 85.0 Å². The Bertz CT molecular complexity index is 1140. The predicted octanol–water partition coefficient (Wildman–Crippen LogP) is 8.94. The van der Waals surface area contributed by atoms with Crippen LogP contribution in [0.5, 0.6) is 5.75 Å². The molecule has 0 spiro atoms. The van der Waals surface area contributed by atoms with Crippen molar-refractivity contribution in [1.29, 1.82) is 5.26 Å². The zero-order valence-electron chi connectivity index (χ0n) is 22.6. The summed E-state index contributed by atoms with van der Waals surface area (Å²) in [6.07, 6.45) is 14.2. The molecule has 0 aliphatic carbocycles. The maximum Gasteiger partial charge on any atom is 0.331 e. The lowest BCUT2D eigenvalue weighted by molar-refractivity contribution is -0.141. The Balaban J connectivity index is 1.51. The van der Waals surface area contributed by atoms with Crippen LogP contribution in [0.2, 0.25) is 0 Å². The molecule has 0 aliphatic rings. The second-order valence-corrected chi connectivity index (χ2v) is 10.1. The fourth-order valence-electron chi connectivity index (χ4n) is 4.24. The van der Waals surface area contributed by atoms with Crippen molar-refractivity contribution in [3.8, 4) is 34.2 Å². The van der Waals surface area contributed by atoms with Crippen molar-refractivity contribution in [1.82, 2.24) is 4.98 Å². The van der Waals surface area contributed by atoms with Crippen LogP contribution < -0.4 is 4.74 Å². The lowest BCUT2D eigenvalue weighted by Crippen LogP contribution is -2.29. The molecular weight excluding hydrogens is 456 g/mol. The Labute approximate surface area is 222 Å². The number of aryl methyl sites for hydroxylation is 1. The van der Waals surface area contributed by atoms with E-state index in [1.165, 1.54) is 56.9 Å². The molecule has 3 aromatic rings. The minimum absolute atomic E-state index is 0.406. The molecule has 1 aromatic heterocycles. The molecule has 1 atom stereocenters. The third-order valence-corrected chi connectivity index (χ3v) is 7.13. The van der Waals surface area contributed by atoms with E-state index in [0.717, 1.165) is 28.8 Å². The molecule has 0 amide bonds. The summed E-state index contributed by atoms with van der Waals surface area (Å²) in [7, 11) is 0. The Morgan fingerprint density at radius 2 is 1.38 bits per heavy atom. The number of ether oxygens (including phenoxy) is 1. The highest BCUT2D eigenvalue weighted by Crippen LogP contribution is 2.28. The number of benzene rings is 2. The summed E-state index contributed by atoms with van der Waals surface area (Å²) in [5.41, 5.74) is 4.34. The molecule has 0 aliphatic heterocycles. The monoisotopic (exact) mass is 496 g/mol. The summed E-state index contributed by atoms with van der Waals surface area (Å²) in [6.45, 7) is 5.67. The molecule has 0 saturated heterocycles. The first-order valence-corrected chi connectivity index (χ1v) is 13.8. The Hall–Kier alpha value is -3.45. The largest absolute Gasteiger partial charge is 0.425 e. The molecule has 0 radical (unpaired) electrons. The number of hydrogen-bond acceptors (Lipinski definition) is 4. The third kappa shape index (κ3) is 8.29. The van der Waals surface area contributed by atoms with Gasteiger partial charge in [-0.05, 0) is 61.1 Å². The number of carbonyl (C=O) groups is 1. The quantitative estimate of drug-likeness (QED) is 0.127. The van der Waals surface area contributed by atoms with Gasteiger partial charge in [0, 0.05) is 11.8 Å². The smallest absolute Gasteiger partial charge is 0.331 e. The van der Waals surface area contributed by atoms with E-state index >= 15 is 0 Å². The molecule has 4 nitrogen and oxygen atoms in total. The van der Waals surface area contributed by atoms with Gasteiger partial charge in [0.2, 0.25) is 0 Å². The van der Waals surface area contributed by atoms with Crippen molar-refractivity contribution < 1.29 is 9.53 Å². The van der Waals surface area contributed by atoms with E-state index in [9.17, 15) is 10.1 Å². The van der Waals surface area contributed by atoms with Gasteiger partial charge in [-0.1, -0.05) is 101 Å². The van der Waals surface area contributed by atoms with Crippen LogP contribution in [0.15, 0.2) is 66.9 Å². The summed E-state index contributed by atoms with van der Waals surface area (Å²) >= 11 is 0. The summed E-state index contributed by atoms with van der Waals surface area (Å²) in [5.74, 6) is -0.0810. The van der Waals surface area contributed by atoms with Crippen LogP contribution in [-0.2, 0) is 11.2 Å². The molecule has 0 bridgehead atoms. The molecule has 194 valence electrons. The maximum absolute atomic E-state index is 12.3. The van der Waals surface area contributed by atoms with Gasteiger partial charge in [0.15, 0.2) is 5.41 Å². The summed E-state index contributed by atoms with van der Waals surface area (Å²) in [5, 5.41) is 9.27. The van der Waals surface area contributed by atoms with Gasteiger partial charge < -0.3 is 4.74 Å². The van der Waals surface area contributed by atoms with E-state index in [-0.39, 0.29) is 0 Å². The number of unbranched alkanes of at least 4 members (excludes halogenated alkanes) is 7. The normalized spacial score (nSPS) is 12.5. The predicted molar refractivity (Wildman–Crippen MR) is 151 cm³/mol. The van der Waals surface area contributed by atoms with Crippen LogP contribution in [0.4, 0.5) is 0 Å². The number of aromatic nitrogens is 1. The molecular formula is C33H40N2O2. The second kappa shape index (κ2) is 14.3. The van der Waals surface area contributed by atoms with Crippen molar-refractivity contribution >= 4 is 5.97 Å². The summed E-state index contributed by atoms with van der Waals surface area (Å²) in [6, 6.07) is 22.1. The van der Waals surface area contributed by atoms with Crippen molar-refractivity contribution in [3.05, 3.63) is 72.4 Å². The van der Waals surface area contributed by atoms with Gasteiger partial charge in [0.05, 0.1) is 11.8 Å². The number of nitrogens with zero attached hydrogens (tertiary/aromatic N) is 2. The molecule has 1 heterocycles. The number of nitriles is 1. The van der Waals surface area contributed by atoms with Crippen LogP contribution in [-0.4, -0.2) is 11.0 Å². The molecule has 1 unspecified atom stereocenters. The molecule has 37 heavy (non-hydrogen) atoms. The van der Waals surface area contributed by atoms with Crippen LogP contribution in [0.1, 0.15) is 84.1 Å². The average molecular weight is 497 g/mol. The Kier molecular flexibility index (Phi) is 10.9. The van der Waals surface area contributed by atoms with Crippen LogP contribution >= 0.6 is 0 Å². The summed E-state index contributed by atoms with van der Waals surface area (Å²) in [4.78, 5) is 17.0. The number of pyridine rings is 1. The fourth-order valence-corrected chi connectivity index (χ4v) is 4.24. The first kappa shape index (κ1) is 28.1. The molecule has 0 fully saturated rings. The van der Waals surface area contributed by atoms with E-state index in [4.69, 9.17) is 9.72 Å². The standard InChI is InChI=1S/C33H40N2O2/c1-4-6-7-8-9-10-11-12-13-26-14-23-31(35-24-26)29-17-15-27(16-18-29)28-19-21-30(22-20-28)37-32(36)33(3,5-2)25-34/h14-24H,4-13H2,1-3H3. The first-order valence-electron chi connectivity index (χ1n) is 13.8. The van der Waals surface area contributed by atoms with Crippen molar-refractivity contribution in [2.75, 3.05) is 0 Å². The average Bonchev–Trinajstić information content (AvgIpc) is 2.95. The number of rotatable bonds is 14. The van der Waals surface area contributed by atoms with Crippen LogP contribution in [0, 0.1) is 16.7 Å². The molecule has 3 rings (SSSR count). The van der Waals surface area contributed by atoms with Gasteiger partial charge >= 0.3 is 5.97 Å². The second-order valence-electron chi connectivity index (χ2n) is 10.1. The van der Waals surface area contributed by atoms with Gasteiger partial charge in [0.1, 0.15) is 5.75 Å². The summed E-state index contributed by atoms with van der Waals surface area (Å²) < 4.78 is 5.42. The first-order chi connectivity index (χ1) is 18.0. The van der Waals surface area contributed by atoms with E-state index in [0.29, 0.717) is 12.2 Å². The Morgan fingerprint density at radius 1 is 0.811 bits per heavy atom. The molecule has 0 saturated carbocycles. The van der Waals surface area contributed by atoms with Crippen molar-refractivity contribution in [3.63, 3.8) is 0 Å². The van der Waals surface area contributed by atoms with Gasteiger partial charge in [-0.3, -0.25) is 4.98 Å². The van der Waals surface area contributed by atoms with Crippen molar-refractivity contribution in [2.24, 2.45) is 5.41 Å². The van der Waals surface area contributed by atoms with Gasteiger partial charge in [-0.15, -0.1) is 0 Å². The SMILES string of the molecule is CCCCCCCCCCc1ccc(-c2ccc(-c3ccc(OC(=O)C(C)(C#N)CC)cc3)cc2)nc1. The van der Waals surface area contributed by atoms with E-state index in [1.807, 2.05) is 24.4 Å². The lowest BCUT2D eigenvalue weighted by Gasteiger charge is -2.17. The number of carbonyl (C=O) groups excluding carboxylic acids is 1. The van der Waals surface area contributed by atoms with Gasteiger partial charge in [-0.2, -0.15) is 5.26 Å². The third-order valence-electron chi connectivity index (χ3n) is 7.13. The molecule has 0 N–H and O–H groups in total. The van der Waals surface area contributed by atoms with Crippen LogP contribution in [0.3, 0.4) is 0 Å². The highest BCUT2D eigenvalue weighted by molar-refractivity contribution is 5.81.